The van der Waals surface area contributed by atoms with Crippen LogP contribution in [0.25, 0.3) is 0 Å². The van der Waals surface area contributed by atoms with E-state index in [9.17, 15) is 23.9 Å². The van der Waals surface area contributed by atoms with Crippen molar-refractivity contribution in [2.75, 3.05) is 18.2 Å². The van der Waals surface area contributed by atoms with Crippen LogP contribution in [0.5, 0.6) is 11.6 Å². The molecule has 2 aromatic carbocycles. The summed E-state index contributed by atoms with van der Waals surface area (Å²) in [5, 5.41) is 13.0. The van der Waals surface area contributed by atoms with Gasteiger partial charge in [0.2, 0.25) is 11.8 Å². The van der Waals surface area contributed by atoms with Gasteiger partial charge in [-0.1, -0.05) is 23.4 Å². The van der Waals surface area contributed by atoms with Crippen LogP contribution in [0.15, 0.2) is 57.0 Å². The summed E-state index contributed by atoms with van der Waals surface area (Å²) in [7, 11) is 4.09. The number of nitrogens with zero attached hydrogens (tertiary/aromatic N) is 3. The molecule has 0 radical (unpaired) electrons. The van der Waals surface area contributed by atoms with E-state index >= 15 is 0 Å². The van der Waals surface area contributed by atoms with Gasteiger partial charge in [0.05, 0.1) is 23.6 Å². The zero-order chi connectivity index (χ0) is 25.0. The Morgan fingerprint density at radius 3 is 2.47 bits per heavy atom. The van der Waals surface area contributed by atoms with Gasteiger partial charge in [-0.25, -0.2) is 14.2 Å². The van der Waals surface area contributed by atoms with E-state index in [2.05, 4.69) is 10.3 Å². The van der Waals surface area contributed by atoms with E-state index in [-0.39, 0.29) is 27.1 Å². The molecule has 1 amide bonds. The molecule has 0 spiro atoms. The number of anilines is 1. The summed E-state index contributed by atoms with van der Waals surface area (Å²) < 4.78 is 20.2. The van der Waals surface area contributed by atoms with Gasteiger partial charge in [-0.15, -0.1) is 0 Å². The van der Waals surface area contributed by atoms with Gasteiger partial charge in [0.15, 0.2) is 0 Å². The number of aromatic hydroxyl groups is 1. The number of rotatable bonds is 6. The molecule has 0 saturated carbocycles. The molecule has 0 aliphatic heterocycles. The first kappa shape index (κ1) is 25.1. The highest BCUT2D eigenvalue weighted by Gasteiger charge is 2.22. The van der Waals surface area contributed by atoms with E-state index in [4.69, 9.17) is 16.3 Å². The van der Waals surface area contributed by atoms with Crippen molar-refractivity contribution in [1.29, 1.82) is 0 Å². The summed E-state index contributed by atoms with van der Waals surface area (Å²) in [4.78, 5) is 41.9. The number of nitrogens with one attached hydrogen (secondary N) is 1. The number of ether oxygens (including phenoxy) is 1. The third-order valence-corrected chi connectivity index (χ3v) is 5.96. The average Bonchev–Trinajstić information content (AvgIpc) is 2.82. The van der Waals surface area contributed by atoms with Crippen LogP contribution in [0.4, 0.5) is 15.8 Å². The Balaban J connectivity index is 1.96. The predicted octanol–water partition coefficient (Wildman–Crippen LogP) is 3.04. The van der Waals surface area contributed by atoms with Gasteiger partial charge in [0.25, 0.3) is 5.56 Å². The number of hydrogen-bond acceptors (Lipinski definition) is 7. The molecule has 9 nitrogen and oxygen atoms in total. The summed E-state index contributed by atoms with van der Waals surface area (Å²) in [6.07, 6.45) is 0. The number of carbonyl (C=O) groups excluding carboxylic acids is 1. The zero-order valence-corrected chi connectivity index (χ0v) is 19.9. The largest absolute Gasteiger partial charge is 0.497 e. The molecular weight excluding hydrogens is 487 g/mol. The standard InChI is InChI=1S/C22H20ClFN4O5S/c1-27-20(30)18(21(31)28(2)22(27)32)19(26-12-4-7-14(33-3)8-5-12)34-11-17(29)25-13-6-9-16(24)15(23)10-13/h4-10,30H,11H2,1-3H3,(H,25,29). The van der Waals surface area contributed by atoms with Crippen molar-refractivity contribution < 1.29 is 19.0 Å². The minimum absolute atomic E-state index is 0.0196. The first-order valence-electron chi connectivity index (χ1n) is 9.72. The monoisotopic (exact) mass is 506 g/mol. The maximum atomic E-state index is 13.3. The number of aliphatic imine (C=N–C) groups is 1. The molecule has 0 bridgehead atoms. The topological polar surface area (TPSA) is 115 Å². The van der Waals surface area contributed by atoms with Crippen LogP contribution in [-0.4, -0.2) is 38.1 Å². The molecule has 0 saturated heterocycles. The Bertz CT molecular complexity index is 1390. The van der Waals surface area contributed by atoms with Crippen LogP contribution in [-0.2, 0) is 18.9 Å². The van der Waals surface area contributed by atoms with Crippen molar-refractivity contribution in [3.8, 4) is 11.6 Å². The fourth-order valence-corrected chi connectivity index (χ4v) is 3.87. The first-order valence-corrected chi connectivity index (χ1v) is 11.1. The van der Waals surface area contributed by atoms with E-state index in [0.29, 0.717) is 11.4 Å². The fourth-order valence-electron chi connectivity index (χ4n) is 2.86. The average molecular weight is 507 g/mol. The lowest BCUT2D eigenvalue weighted by Gasteiger charge is -2.13. The SMILES string of the molecule is COc1ccc(N=C(SCC(=O)Nc2ccc(F)c(Cl)c2)c2c(O)n(C)c(=O)n(C)c2=O)cc1. The summed E-state index contributed by atoms with van der Waals surface area (Å²) in [6.45, 7) is 0. The van der Waals surface area contributed by atoms with Gasteiger partial charge in [0, 0.05) is 19.8 Å². The number of aromatic nitrogens is 2. The maximum absolute atomic E-state index is 13.3. The van der Waals surface area contributed by atoms with Gasteiger partial charge in [-0.05, 0) is 42.5 Å². The zero-order valence-electron chi connectivity index (χ0n) is 18.3. The molecule has 2 N–H and O–H groups in total. The number of carbonyl (C=O) groups is 1. The van der Waals surface area contributed by atoms with Crippen molar-refractivity contribution in [2.45, 2.75) is 0 Å². The summed E-state index contributed by atoms with van der Waals surface area (Å²) in [6, 6.07) is 10.3. The van der Waals surface area contributed by atoms with E-state index < -0.39 is 28.9 Å². The molecule has 0 atom stereocenters. The number of halogens is 2. The van der Waals surface area contributed by atoms with Gasteiger partial charge in [-0.2, -0.15) is 0 Å². The second-order valence-electron chi connectivity index (χ2n) is 6.99. The van der Waals surface area contributed by atoms with Crippen molar-refractivity contribution >= 4 is 45.7 Å². The minimum atomic E-state index is -0.772. The third kappa shape index (κ3) is 5.49. The smallest absolute Gasteiger partial charge is 0.333 e. The van der Waals surface area contributed by atoms with Crippen LogP contribution < -0.4 is 21.3 Å². The molecule has 3 aromatic rings. The van der Waals surface area contributed by atoms with Crippen LogP contribution in [0.1, 0.15) is 5.56 Å². The van der Waals surface area contributed by atoms with E-state index in [1.54, 1.807) is 24.3 Å². The lowest BCUT2D eigenvalue weighted by atomic mass is 10.3. The minimum Gasteiger partial charge on any atom is -0.497 e. The van der Waals surface area contributed by atoms with Crippen molar-refractivity contribution in [3.05, 3.63) is 79.7 Å². The molecule has 1 aromatic heterocycles. The second kappa shape index (κ2) is 10.6. The molecule has 0 aliphatic rings. The summed E-state index contributed by atoms with van der Waals surface area (Å²) >= 11 is 6.62. The van der Waals surface area contributed by atoms with Crippen LogP contribution >= 0.6 is 23.4 Å². The maximum Gasteiger partial charge on any atom is 0.333 e. The van der Waals surface area contributed by atoms with Crippen molar-refractivity contribution in [3.63, 3.8) is 0 Å². The molecule has 3 rings (SSSR count). The Kier molecular flexibility index (Phi) is 7.79. The number of hydrogen-bond donors (Lipinski definition) is 2. The van der Waals surface area contributed by atoms with E-state index in [1.807, 2.05) is 0 Å². The molecular formula is C22H20ClFN4O5S. The van der Waals surface area contributed by atoms with Gasteiger partial charge < -0.3 is 15.2 Å². The van der Waals surface area contributed by atoms with Gasteiger partial charge in [0.1, 0.15) is 22.2 Å². The van der Waals surface area contributed by atoms with Crippen molar-refractivity contribution in [1.82, 2.24) is 9.13 Å². The second-order valence-corrected chi connectivity index (χ2v) is 8.36. The Morgan fingerprint density at radius 1 is 1.18 bits per heavy atom. The van der Waals surface area contributed by atoms with Crippen LogP contribution in [0.3, 0.4) is 0 Å². The van der Waals surface area contributed by atoms with Gasteiger partial charge in [-0.3, -0.25) is 18.7 Å². The Hall–Kier alpha value is -3.57. The molecule has 12 heteroatoms. The Labute approximate surface area is 202 Å². The molecule has 0 fully saturated rings. The highest BCUT2D eigenvalue weighted by atomic mass is 35.5. The van der Waals surface area contributed by atoms with Crippen molar-refractivity contribution in [2.24, 2.45) is 19.1 Å². The summed E-state index contributed by atoms with van der Waals surface area (Å²) in [5.74, 6) is -1.32. The van der Waals surface area contributed by atoms with E-state index in [0.717, 1.165) is 27.0 Å². The Morgan fingerprint density at radius 2 is 1.85 bits per heavy atom. The quantitative estimate of drug-likeness (QED) is 0.392. The predicted molar refractivity (Wildman–Crippen MR) is 130 cm³/mol. The third-order valence-electron chi connectivity index (χ3n) is 4.69. The van der Waals surface area contributed by atoms with Crippen LogP contribution in [0.2, 0.25) is 5.02 Å². The first-order chi connectivity index (χ1) is 16.1. The normalized spacial score (nSPS) is 11.4. The number of benzene rings is 2. The molecule has 0 aliphatic carbocycles. The molecule has 1 heterocycles. The number of thioether (sulfide) groups is 1. The number of amides is 1. The summed E-state index contributed by atoms with van der Waals surface area (Å²) in [5.41, 5.74) is -1.02. The lowest BCUT2D eigenvalue weighted by molar-refractivity contribution is -0.113. The highest BCUT2D eigenvalue weighted by molar-refractivity contribution is 8.15. The van der Waals surface area contributed by atoms with Crippen LogP contribution in [0, 0.1) is 5.82 Å². The number of methoxy groups -OCH3 is 1. The molecule has 34 heavy (non-hydrogen) atoms. The fraction of sp³-hybridized carbons (Fsp3) is 0.182. The van der Waals surface area contributed by atoms with Gasteiger partial charge >= 0.3 is 5.69 Å². The van der Waals surface area contributed by atoms with E-state index in [1.165, 1.54) is 33.3 Å². The molecule has 0 unspecified atom stereocenters. The highest BCUT2D eigenvalue weighted by Crippen LogP contribution is 2.25. The lowest BCUT2D eigenvalue weighted by Crippen LogP contribution is -2.39. The molecule has 178 valence electrons.